The second-order valence-electron chi connectivity index (χ2n) is 17.2. The number of alkyl carbamates (subject to hydrolysis) is 1. The number of piperidine rings is 1. The molecule has 2 aromatic carbocycles. The minimum Gasteiger partial charge on any atom is -0.451 e. The number of aromatic nitrogens is 2. The number of rotatable bonds is 18. The summed E-state index contributed by atoms with van der Waals surface area (Å²) < 4.78 is 39.9. The Morgan fingerprint density at radius 3 is 2.49 bits per heavy atom. The number of carbonyl (C=O) groups is 1. The van der Waals surface area contributed by atoms with E-state index in [1.165, 1.54) is 11.3 Å². The molecule has 1 fully saturated rings. The number of hydrogen-bond donors (Lipinski definition) is 1. The van der Waals surface area contributed by atoms with Crippen molar-refractivity contribution >= 4 is 25.1 Å². The molecule has 5 rings (SSSR count). The van der Waals surface area contributed by atoms with Crippen LogP contribution < -0.4 is 10.1 Å². The van der Waals surface area contributed by atoms with Crippen molar-refractivity contribution in [2.45, 2.75) is 110 Å². The number of nitrogens with one attached hydrogen (secondary N) is 1. The molecule has 1 aliphatic rings. The van der Waals surface area contributed by atoms with Gasteiger partial charge in [-0.2, -0.15) is 0 Å². The molecule has 1 aliphatic heterocycles. The number of hydrogen-bond acceptors (Lipinski definition) is 7. The maximum absolute atomic E-state index is 15.3. The second kappa shape index (κ2) is 19.4. The van der Waals surface area contributed by atoms with E-state index in [0.717, 1.165) is 80.0 Å². The minimum atomic E-state index is -1.13. The van der Waals surface area contributed by atoms with E-state index in [1.54, 1.807) is 13.2 Å². The highest BCUT2D eigenvalue weighted by Crippen LogP contribution is 2.37. The van der Waals surface area contributed by atoms with Crippen molar-refractivity contribution in [3.8, 4) is 17.0 Å². The van der Waals surface area contributed by atoms with Crippen LogP contribution in [0, 0.1) is 12.7 Å². The van der Waals surface area contributed by atoms with Gasteiger partial charge in [-0.05, 0) is 101 Å². The summed E-state index contributed by atoms with van der Waals surface area (Å²) in [5.41, 5.74) is 5.70. The summed E-state index contributed by atoms with van der Waals surface area (Å²) in [6.07, 6.45) is 5.80. The van der Waals surface area contributed by atoms with E-state index in [2.05, 4.69) is 70.6 Å². The first-order valence-corrected chi connectivity index (χ1v) is 23.7. The molecule has 4 aromatic rings. The molecule has 0 spiro atoms. The lowest BCUT2D eigenvalue weighted by Crippen LogP contribution is -2.43. The summed E-state index contributed by atoms with van der Waals surface area (Å²) in [6.45, 7) is 19.7. The predicted molar refractivity (Wildman–Crippen MR) is 222 cm³/mol. The highest BCUT2D eigenvalue weighted by molar-refractivity contribution is 6.76. The number of amides is 1. The fraction of sp³-hybridized carbons (Fsp3) is 0.545. The van der Waals surface area contributed by atoms with Crippen LogP contribution in [0.4, 0.5) is 9.18 Å². The van der Waals surface area contributed by atoms with Crippen LogP contribution in [0.5, 0.6) is 5.88 Å². The van der Waals surface area contributed by atoms with Crippen LogP contribution in [0.3, 0.4) is 0 Å². The van der Waals surface area contributed by atoms with Crippen LogP contribution in [0.15, 0.2) is 60.8 Å². The Kier molecular flexibility index (Phi) is 14.9. The molecule has 2 atom stereocenters. The standard InChI is InChI=1S/C44H63FN4O5Si/c1-32-38-13-9-14-39(45)42(38)49(23-11-25-51-5)41(32)36-12-10-22-48(30-36)24-21-37(47-43(50)54-44(2,3)4)28-33-15-17-34(18-16-33)35-19-20-40(46-29-35)53-31-52-26-27-55(6,7)8/h9,13-20,29,36-37H,10-12,21-28,30-31H2,1-8H3,(H,47,50)/t36?,37-/m0/s1. The van der Waals surface area contributed by atoms with Crippen molar-refractivity contribution in [1.82, 2.24) is 19.8 Å². The van der Waals surface area contributed by atoms with Crippen LogP contribution in [0.1, 0.15) is 69.2 Å². The smallest absolute Gasteiger partial charge is 0.407 e. The van der Waals surface area contributed by atoms with Crippen LogP contribution in [0.25, 0.3) is 22.0 Å². The number of nitrogens with zero attached hydrogens (tertiary/aromatic N) is 3. The van der Waals surface area contributed by atoms with E-state index in [9.17, 15) is 4.79 Å². The van der Waals surface area contributed by atoms with Gasteiger partial charge in [0.1, 0.15) is 11.4 Å². The first kappa shape index (κ1) is 42.4. The second-order valence-corrected chi connectivity index (χ2v) is 22.8. The Bertz CT molecular complexity index is 1820. The summed E-state index contributed by atoms with van der Waals surface area (Å²) in [7, 11) is 0.575. The summed E-state index contributed by atoms with van der Waals surface area (Å²) in [4.78, 5) is 20.0. The molecule has 1 unspecified atom stereocenters. The highest BCUT2D eigenvalue weighted by Gasteiger charge is 2.29. The first-order valence-electron chi connectivity index (χ1n) is 19.9. The van der Waals surface area contributed by atoms with E-state index in [1.807, 2.05) is 51.2 Å². The number of ether oxygens (including phenoxy) is 4. The lowest BCUT2D eigenvalue weighted by molar-refractivity contribution is 0.0193. The fourth-order valence-corrected chi connectivity index (χ4v) is 8.25. The maximum Gasteiger partial charge on any atom is 0.407 e. The number of carbonyl (C=O) groups excluding carboxylic acids is 1. The monoisotopic (exact) mass is 774 g/mol. The van der Waals surface area contributed by atoms with Gasteiger partial charge < -0.3 is 33.7 Å². The molecule has 0 radical (unpaired) electrons. The molecule has 55 heavy (non-hydrogen) atoms. The van der Waals surface area contributed by atoms with E-state index in [-0.39, 0.29) is 24.6 Å². The number of aryl methyl sites for hydroxylation is 2. The Morgan fingerprint density at radius 1 is 1.04 bits per heavy atom. The molecule has 0 bridgehead atoms. The highest BCUT2D eigenvalue weighted by atomic mass is 28.3. The Balaban J connectivity index is 1.23. The van der Waals surface area contributed by atoms with E-state index in [4.69, 9.17) is 18.9 Å². The summed E-state index contributed by atoms with van der Waals surface area (Å²) in [5, 5.41) is 4.18. The molecular formula is C44H63FN4O5Si. The topological polar surface area (TPSA) is 87.1 Å². The van der Waals surface area contributed by atoms with Crippen LogP contribution in [-0.2, 0) is 27.2 Å². The lowest BCUT2D eigenvalue weighted by atomic mass is 9.91. The zero-order chi connectivity index (χ0) is 39.6. The minimum absolute atomic E-state index is 0.122. The summed E-state index contributed by atoms with van der Waals surface area (Å²) in [6, 6.07) is 18.7. The number of halogens is 1. The fourth-order valence-electron chi connectivity index (χ4n) is 7.49. The normalized spacial score (nSPS) is 16.0. The predicted octanol–water partition coefficient (Wildman–Crippen LogP) is 9.58. The molecule has 1 amide bonds. The van der Waals surface area contributed by atoms with Crippen molar-refractivity contribution < 1.29 is 28.1 Å². The van der Waals surface area contributed by atoms with Crippen molar-refractivity contribution in [1.29, 1.82) is 0 Å². The van der Waals surface area contributed by atoms with Gasteiger partial charge in [0.05, 0.1) is 5.52 Å². The number of likely N-dealkylation sites (tertiary alicyclic amines) is 1. The Morgan fingerprint density at radius 2 is 1.80 bits per heavy atom. The number of fused-ring (bicyclic) bond motifs is 1. The molecule has 3 heterocycles. The van der Waals surface area contributed by atoms with E-state index in [0.29, 0.717) is 31.0 Å². The number of para-hydroxylation sites is 1. The summed E-state index contributed by atoms with van der Waals surface area (Å²) in [5.74, 6) is 0.656. The number of pyridine rings is 1. The van der Waals surface area contributed by atoms with Gasteiger partial charge in [0, 0.05) is 88.9 Å². The zero-order valence-electron chi connectivity index (χ0n) is 34.4. The Hall–Kier alpha value is -3.77. The van der Waals surface area contributed by atoms with Crippen LogP contribution >= 0.6 is 0 Å². The van der Waals surface area contributed by atoms with Crippen molar-refractivity contribution in [3.05, 3.63) is 83.4 Å². The third-order valence-corrected chi connectivity index (χ3v) is 12.0. The molecule has 300 valence electrons. The molecule has 1 N–H and O–H groups in total. The molecule has 2 aromatic heterocycles. The molecule has 0 aliphatic carbocycles. The van der Waals surface area contributed by atoms with Crippen molar-refractivity contribution in [3.63, 3.8) is 0 Å². The SMILES string of the molecule is COCCCn1c(C2CCCN(CC[C@@H](Cc3ccc(-c4ccc(OCOCC[Si](C)(C)C)nc4)cc3)NC(=O)OC(C)(C)C)C2)c(C)c2cccc(F)c21. The quantitative estimate of drug-likeness (QED) is 0.0612. The third-order valence-electron chi connectivity index (χ3n) is 10.3. The lowest BCUT2D eigenvalue weighted by Gasteiger charge is -2.35. The number of benzene rings is 2. The van der Waals surface area contributed by atoms with Crippen LogP contribution in [0.2, 0.25) is 25.7 Å². The third kappa shape index (κ3) is 12.6. The van der Waals surface area contributed by atoms with Crippen molar-refractivity contribution in [2.75, 3.05) is 46.8 Å². The van der Waals surface area contributed by atoms with Gasteiger partial charge in [-0.1, -0.05) is 56.0 Å². The average molecular weight is 775 g/mol. The zero-order valence-corrected chi connectivity index (χ0v) is 35.4. The average Bonchev–Trinajstić information content (AvgIpc) is 3.42. The molecule has 9 nitrogen and oxygen atoms in total. The Labute approximate surface area is 328 Å². The van der Waals surface area contributed by atoms with Gasteiger partial charge in [-0.25, -0.2) is 14.2 Å². The maximum atomic E-state index is 15.3. The van der Waals surface area contributed by atoms with Crippen LogP contribution in [-0.4, -0.2) is 87.0 Å². The summed E-state index contributed by atoms with van der Waals surface area (Å²) >= 11 is 0. The molecule has 1 saturated heterocycles. The molecule has 11 heteroatoms. The first-order chi connectivity index (χ1) is 26.2. The van der Waals surface area contributed by atoms with Crippen molar-refractivity contribution in [2.24, 2.45) is 0 Å². The largest absolute Gasteiger partial charge is 0.451 e. The molecule has 0 saturated carbocycles. The van der Waals surface area contributed by atoms with Gasteiger partial charge in [0.15, 0.2) is 6.79 Å². The van der Waals surface area contributed by atoms with Gasteiger partial charge >= 0.3 is 6.09 Å². The molecular weight excluding hydrogens is 712 g/mol. The number of methoxy groups -OCH3 is 1. The van der Waals surface area contributed by atoms with Gasteiger partial charge in [0.25, 0.3) is 0 Å². The van der Waals surface area contributed by atoms with Gasteiger partial charge in [-0.3, -0.25) is 0 Å². The van der Waals surface area contributed by atoms with E-state index >= 15 is 4.39 Å². The van der Waals surface area contributed by atoms with Gasteiger partial charge in [-0.15, -0.1) is 0 Å². The van der Waals surface area contributed by atoms with E-state index < -0.39 is 19.8 Å². The van der Waals surface area contributed by atoms with Gasteiger partial charge in [0.2, 0.25) is 5.88 Å².